The van der Waals surface area contributed by atoms with E-state index in [1.807, 2.05) is 43.7 Å². The third-order valence-electron chi connectivity index (χ3n) is 2.51. The SMILES string of the molecule is CC(C)(C)NC(N)=NCc1ccnc(-n2ccnc2)c1. The number of nitrogens with zero attached hydrogens (tertiary/aromatic N) is 4. The summed E-state index contributed by atoms with van der Waals surface area (Å²) in [5.41, 5.74) is 6.80. The van der Waals surface area contributed by atoms with Crippen molar-refractivity contribution in [2.24, 2.45) is 10.7 Å². The first kappa shape index (κ1) is 14.0. The molecule has 2 aromatic rings. The van der Waals surface area contributed by atoms with E-state index < -0.39 is 0 Å². The molecule has 2 heterocycles. The van der Waals surface area contributed by atoms with Crippen LogP contribution < -0.4 is 11.1 Å². The minimum absolute atomic E-state index is 0.0895. The summed E-state index contributed by atoms with van der Waals surface area (Å²) >= 11 is 0. The average molecular weight is 272 g/mol. The molecule has 0 unspecified atom stereocenters. The van der Waals surface area contributed by atoms with E-state index in [9.17, 15) is 0 Å². The van der Waals surface area contributed by atoms with Crippen molar-refractivity contribution >= 4 is 5.96 Å². The van der Waals surface area contributed by atoms with Gasteiger partial charge in [0.2, 0.25) is 0 Å². The molecule has 6 nitrogen and oxygen atoms in total. The molecule has 2 rings (SSSR count). The zero-order valence-corrected chi connectivity index (χ0v) is 12.0. The Morgan fingerprint density at radius 2 is 2.20 bits per heavy atom. The van der Waals surface area contributed by atoms with E-state index in [1.54, 1.807) is 18.7 Å². The van der Waals surface area contributed by atoms with Crippen molar-refractivity contribution in [3.05, 3.63) is 42.6 Å². The lowest BCUT2D eigenvalue weighted by atomic mass is 10.1. The molecule has 0 atom stereocenters. The van der Waals surface area contributed by atoms with Gasteiger partial charge in [-0.1, -0.05) is 0 Å². The monoisotopic (exact) mass is 272 g/mol. The van der Waals surface area contributed by atoms with Crippen LogP contribution >= 0.6 is 0 Å². The number of nitrogens with two attached hydrogens (primary N) is 1. The van der Waals surface area contributed by atoms with E-state index in [-0.39, 0.29) is 5.54 Å². The minimum Gasteiger partial charge on any atom is -0.370 e. The zero-order valence-electron chi connectivity index (χ0n) is 12.0. The van der Waals surface area contributed by atoms with Crippen LogP contribution in [0.4, 0.5) is 0 Å². The predicted molar refractivity (Wildman–Crippen MR) is 79.6 cm³/mol. The number of imidazole rings is 1. The Balaban J connectivity index is 2.07. The van der Waals surface area contributed by atoms with Gasteiger partial charge in [-0.15, -0.1) is 0 Å². The molecule has 6 heteroatoms. The summed E-state index contributed by atoms with van der Waals surface area (Å²) < 4.78 is 1.85. The van der Waals surface area contributed by atoms with Crippen LogP contribution in [0, 0.1) is 0 Å². The van der Waals surface area contributed by atoms with Crippen molar-refractivity contribution in [1.29, 1.82) is 0 Å². The van der Waals surface area contributed by atoms with Gasteiger partial charge < -0.3 is 11.1 Å². The van der Waals surface area contributed by atoms with E-state index in [0.717, 1.165) is 11.4 Å². The van der Waals surface area contributed by atoms with Gasteiger partial charge in [0.25, 0.3) is 0 Å². The van der Waals surface area contributed by atoms with Gasteiger partial charge in [0, 0.05) is 24.1 Å². The number of aromatic nitrogens is 3. The molecular formula is C14H20N6. The fourth-order valence-corrected chi connectivity index (χ4v) is 1.69. The third-order valence-corrected chi connectivity index (χ3v) is 2.51. The standard InChI is InChI=1S/C14H20N6/c1-14(2,3)19-13(15)18-9-11-4-5-17-12(8-11)20-7-6-16-10-20/h4-8,10H,9H2,1-3H3,(H3,15,18,19). The first-order valence-electron chi connectivity index (χ1n) is 6.45. The summed E-state index contributed by atoms with van der Waals surface area (Å²) in [6, 6.07) is 3.89. The van der Waals surface area contributed by atoms with E-state index in [4.69, 9.17) is 5.73 Å². The molecule has 0 fully saturated rings. The molecule has 0 radical (unpaired) electrons. The largest absolute Gasteiger partial charge is 0.370 e. The van der Waals surface area contributed by atoms with Gasteiger partial charge in [-0.05, 0) is 38.5 Å². The zero-order chi connectivity index (χ0) is 14.6. The lowest BCUT2D eigenvalue weighted by Crippen LogP contribution is -2.44. The normalized spacial score (nSPS) is 12.4. The molecule has 2 aromatic heterocycles. The summed E-state index contributed by atoms with van der Waals surface area (Å²) in [5, 5.41) is 3.13. The number of hydrogen-bond donors (Lipinski definition) is 2. The molecule has 0 saturated carbocycles. The minimum atomic E-state index is -0.0895. The summed E-state index contributed by atoms with van der Waals surface area (Å²) in [5.74, 6) is 1.26. The molecule has 0 aliphatic heterocycles. The summed E-state index contributed by atoms with van der Waals surface area (Å²) in [7, 11) is 0. The van der Waals surface area contributed by atoms with Crippen LogP contribution in [0.5, 0.6) is 0 Å². The highest BCUT2D eigenvalue weighted by molar-refractivity contribution is 5.78. The van der Waals surface area contributed by atoms with Crippen molar-refractivity contribution in [1.82, 2.24) is 19.9 Å². The molecule has 106 valence electrons. The molecule has 20 heavy (non-hydrogen) atoms. The Hall–Kier alpha value is -2.37. The average Bonchev–Trinajstić information content (AvgIpc) is 2.88. The maximum absolute atomic E-state index is 5.85. The highest BCUT2D eigenvalue weighted by atomic mass is 15.1. The number of aliphatic imine (C=N–C) groups is 1. The summed E-state index contributed by atoms with van der Waals surface area (Å²) in [6.45, 7) is 6.63. The van der Waals surface area contributed by atoms with Crippen LogP contribution in [0.3, 0.4) is 0 Å². The fourth-order valence-electron chi connectivity index (χ4n) is 1.69. The number of pyridine rings is 1. The number of rotatable bonds is 3. The topological polar surface area (TPSA) is 81.1 Å². The third kappa shape index (κ3) is 4.08. The molecular weight excluding hydrogens is 252 g/mol. The van der Waals surface area contributed by atoms with Crippen molar-refractivity contribution in [3.63, 3.8) is 0 Å². The van der Waals surface area contributed by atoms with Gasteiger partial charge in [-0.2, -0.15) is 0 Å². The van der Waals surface area contributed by atoms with Crippen molar-refractivity contribution in [2.45, 2.75) is 32.9 Å². The quantitative estimate of drug-likeness (QED) is 0.655. The lowest BCUT2D eigenvalue weighted by Gasteiger charge is -2.21. The van der Waals surface area contributed by atoms with Crippen LogP contribution in [0.2, 0.25) is 0 Å². The van der Waals surface area contributed by atoms with Gasteiger partial charge in [0.05, 0.1) is 6.54 Å². The lowest BCUT2D eigenvalue weighted by molar-refractivity contribution is 0.508. The van der Waals surface area contributed by atoms with Crippen LogP contribution in [0.25, 0.3) is 5.82 Å². The van der Waals surface area contributed by atoms with Gasteiger partial charge in [-0.25, -0.2) is 15.0 Å². The smallest absolute Gasteiger partial charge is 0.189 e. The van der Waals surface area contributed by atoms with Crippen LogP contribution in [0.1, 0.15) is 26.3 Å². The summed E-state index contributed by atoms with van der Waals surface area (Å²) in [6.07, 6.45) is 7.04. The van der Waals surface area contributed by atoms with Crippen LogP contribution in [-0.4, -0.2) is 26.0 Å². The van der Waals surface area contributed by atoms with Crippen molar-refractivity contribution < 1.29 is 0 Å². The van der Waals surface area contributed by atoms with Crippen LogP contribution in [0.15, 0.2) is 42.0 Å². The molecule has 0 bridgehead atoms. The fraction of sp³-hybridized carbons (Fsp3) is 0.357. The van der Waals surface area contributed by atoms with Crippen molar-refractivity contribution in [2.75, 3.05) is 0 Å². The number of nitrogens with one attached hydrogen (secondary N) is 1. The maximum atomic E-state index is 5.85. The Bertz CT molecular complexity index is 580. The van der Waals surface area contributed by atoms with E-state index in [2.05, 4.69) is 20.3 Å². The maximum Gasteiger partial charge on any atom is 0.189 e. The van der Waals surface area contributed by atoms with Gasteiger partial charge in [-0.3, -0.25) is 4.57 Å². The number of guanidine groups is 1. The van der Waals surface area contributed by atoms with Crippen LogP contribution in [-0.2, 0) is 6.54 Å². The van der Waals surface area contributed by atoms with Gasteiger partial charge in [0.1, 0.15) is 12.1 Å². The molecule has 0 spiro atoms. The Kier molecular flexibility index (Phi) is 4.02. The summed E-state index contributed by atoms with van der Waals surface area (Å²) in [4.78, 5) is 12.6. The van der Waals surface area contributed by atoms with Gasteiger partial charge >= 0.3 is 0 Å². The second kappa shape index (κ2) is 5.73. The predicted octanol–water partition coefficient (Wildman–Crippen LogP) is 1.47. The van der Waals surface area contributed by atoms with Crippen molar-refractivity contribution in [3.8, 4) is 5.82 Å². The first-order chi connectivity index (χ1) is 9.44. The molecule has 3 N–H and O–H groups in total. The first-order valence-corrected chi connectivity index (χ1v) is 6.45. The Morgan fingerprint density at radius 3 is 2.85 bits per heavy atom. The second-order valence-electron chi connectivity index (χ2n) is 5.57. The Labute approximate surface area is 118 Å². The molecule has 0 amide bonds. The van der Waals surface area contributed by atoms with E-state index >= 15 is 0 Å². The van der Waals surface area contributed by atoms with Gasteiger partial charge in [0.15, 0.2) is 5.96 Å². The number of hydrogen-bond acceptors (Lipinski definition) is 3. The highest BCUT2D eigenvalue weighted by Gasteiger charge is 2.09. The highest BCUT2D eigenvalue weighted by Crippen LogP contribution is 2.08. The van der Waals surface area contributed by atoms with E-state index in [0.29, 0.717) is 12.5 Å². The Morgan fingerprint density at radius 1 is 1.40 bits per heavy atom. The second-order valence-corrected chi connectivity index (χ2v) is 5.57. The van der Waals surface area contributed by atoms with E-state index in [1.165, 1.54) is 0 Å². The molecule has 0 aliphatic carbocycles. The molecule has 0 aromatic carbocycles. The molecule has 0 aliphatic rings. The molecule has 0 saturated heterocycles.